The number of rotatable bonds is 7. The molecule has 7 heteroatoms. The van der Waals surface area contributed by atoms with Crippen LogP contribution in [0.3, 0.4) is 0 Å². The van der Waals surface area contributed by atoms with Crippen LogP contribution in [0.25, 0.3) is 0 Å². The smallest absolute Gasteiger partial charge is 0.254 e. The molecule has 1 unspecified atom stereocenters. The third-order valence-corrected chi connectivity index (χ3v) is 5.53. The summed E-state index contributed by atoms with van der Waals surface area (Å²) >= 11 is 0. The van der Waals surface area contributed by atoms with Crippen LogP contribution in [-0.4, -0.2) is 43.5 Å². The monoisotopic (exact) mass is 446 g/mol. The molecular formula is C26H26N2O5. The van der Waals surface area contributed by atoms with Gasteiger partial charge in [-0.05, 0) is 49.2 Å². The van der Waals surface area contributed by atoms with Crippen LogP contribution in [-0.2, 0) is 4.79 Å². The third kappa shape index (κ3) is 5.09. The molecule has 0 saturated carbocycles. The molecule has 1 heterocycles. The highest BCUT2D eigenvalue weighted by Crippen LogP contribution is 2.31. The number of hydrogen-bond donors (Lipinski definition) is 1. The molecule has 1 atom stereocenters. The second-order valence-electron chi connectivity index (χ2n) is 7.66. The van der Waals surface area contributed by atoms with E-state index >= 15 is 0 Å². The number of ether oxygens (including phenoxy) is 3. The molecule has 0 spiro atoms. The maximum absolute atomic E-state index is 13.3. The lowest BCUT2D eigenvalue weighted by Crippen LogP contribution is -2.43. The number of nitrogens with one attached hydrogen (secondary N) is 1. The molecule has 0 radical (unpaired) electrons. The zero-order valence-corrected chi connectivity index (χ0v) is 18.6. The van der Waals surface area contributed by atoms with Gasteiger partial charge in [0.1, 0.15) is 23.3 Å². The van der Waals surface area contributed by atoms with Crippen LogP contribution < -0.4 is 19.5 Å². The van der Waals surface area contributed by atoms with Gasteiger partial charge in [-0.15, -0.1) is 0 Å². The highest BCUT2D eigenvalue weighted by Gasteiger charge is 2.35. The average Bonchev–Trinajstić information content (AvgIpc) is 3.35. The Morgan fingerprint density at radius 2 is 1.55 bits per heavy atom. The fraction of sp³-hybridized carbons (Fsp3) is 0.231. The molecule has 170 valence electrons. The first-order valence-corrected chi connectivity index (χ1v) is 10.8. The van der Waals surface area contributed by atoms with E-state index in [1.165, 1.54) is 14.2 Å². The Hall–Kier alpha value is -4.00. The number of carbonyl (C=O) groups excluding carboxylic acids is 2. The Labute approximate surface area is 192 Å². The van der Waals surface area contributed by atoms with Gasteiger partial charge in [-0.3, -0.25) is 9.59 Å². The largest absolute Gasteiger partial charge is 0.497 e. The summed E-state index contributed by atoms with van der Waals surface area (Å²) in [5.74, 6) is 1.75. The minimum atomic E-state index is -0.584. The summed E-state index contributed by atoms with van der Waals surface area (Å²) in [7, 11) is 3.06. The first-order valence-electron chi connectivity index (χ1n) is 10.8. The number of anilines is 1. The summed E-state index contributed by atoms with van der Waals surface area (Å²) in [4.78, 5) is 28.1. The van der Waals surface area contributed by atoms with Crippen LogP contribution in [0.1, 0.15) is 23.2 Å². The Morgan fingerprint density at radius 3 is 2.24 bits per heavy atom. The van der Waals surface area contributed by atoms with Crippen molar-refractivity contribution < 1.29 is 23.8 Å². The molecule has 33 heavy (non-hydrogen) atoms. The average molecular weight is 447 g/mol. The fourth-order valence-electron chi connectivity index (χ4n) is 3.87. The molecular weight excluding hydrogens is 420 g/mol. The van der Waals surface area contributed by atoms with E-state index < -0.39 is 6.04 Å². The van der Waals surface area contributed by atoms with E-state index in [4.69, 9.17) is 14.2 Å². The number of nitrogens with zero attached hydrogens (tertiary/aromatic N) is 1. The molecule has 1 aliphatic heterocycles. The number of benzene rings is 3. The maximum atomic E-state index is 13.3. The van der Waals surface area contributed by atoms with E-state index in [0.717, 1.165) is 6.42 Å². The van der Waals surface area contributed by atoms with E-state index in [0.29, 0.717) is 47.2 Å². The van der Waals surface area contributed by atoms with E-state index in [-0.39, 0.29) is 11.8 Å². The predicted molar refractivity (Wildman–Crippen MR) is 125 cm³/mol. The van der Waals surface area contributed by atoms with Crippen molar-refractivity contribution in [2.75, 3.05) is 26.1 Å². The van der Waals surface area contributed by atoms with Crippen molar-refractivity contribution in [3.63, 3.8) is 0 Å². The van der Waals surface area contributed by atoms with Crippen LogP contribution in [0.2, 0.25) is 0 Å². The number of likely N-dealkylation sites (tertiary alicyclic amines) is 1. The molecule has 2 amide bonds. The molecule has 3 aromatic rings. The highest BCUT2D eigenvalue weighted by molar-refractivity contribution is 6.02. The quantitative estimate of drug-likeness (QED) is 0.567. The number of carbonyl (C=O) groups is 2. The van der Waals surface area contributed by atoms with Gasteiger partial charge >= 0.3 is 0 Å². The molecule has 1 N–H and O–H groups in total. The Balaban J connectivity index is 1.52. The van der Waals surface area contributed by atoms with Gasteiger partial charge in [-0.25, -0.2) is 0 Å². The standard InChI is InChI=1S/C26H26N2O5/c1-31-20-15-18(16-21(17-20)32-2)26(30)28-14-8-12-23(28)25(29)27-22-11-6-7-13-24(22)33-19-9-4-3-5-10-19/h3-7,9-11,13,15-17,23H,8,12,14H2,1-2H3,(H,27,29). The number of hydrogen-bond acceptors (Lipinski definition) is 5. The lowest BCUT2D eigenvalue weighted by molar-refractivity contribution is -0.119. The summed E-state index contributed by atoms with van der Waals surface area (Å²) in [5, 5.41) is 2.95. The Morgan fingerprint density at radius 1 is 0.879 bits per heavy atom. The molecule has 1 aliphatic rings. The molecule has 1 fully saturated rings. The molecule has 1 saturated heterocycles. The summed E-state index contributed by atoms with van der Waals surface area (Å²) in [5.41, 5.74) is 0.965. The fourth-order valence-corrected chi connectivity index (χ4v) is 3.87. The van der Waals surface area contributed by atoms with E-state index in [1.54, 1.807) is 35.2 Å². The second-order valence-corrected chi connectivity index (χ2v) is 7.66. The van der Waals surface area contributed by atoms with Crippen LogP contribution in [0, 0.1) is 0 Å². The van der Waals surface area contributed by atoms with Crippen molar-refractivity contribution >= 4 is 17.5 Å². The van der Waals surface area contributed by atoms with Crippen molar-refractivity contribution in [1.29, 1.82) is 0 Å². The summed E-state index contributed by atoms with van der Waals surface area (Å²) in [6.45, 7) is 0.499. The molecule has 3 aromatic carbocycles. The van der Waals surface area contributed by atoms with Gasteiger partial charge in [0.2, 0.25) is 5.91 Å². The van der Waals surface area contributed by atoms with Gasteiger partial charge in [0.25, 0.3) is 5.91 Å². The first-order chi connectivity index (χ1) is 16.1. The zero-order chi connectivity index (χ0) is 23.2. The van der Waals surface area contributed by atoms with Gasteiger partial charge < -0.3 is 24.4 Å². The van der Waals surface area contributed by atoms with Crippen LogP contribution in [0.4, 0.5) is 5.69 Å². The summed E-state index contributed by atoms with van der Waals surface area (Å²) in [6.07, 6.45) is 1.33. The molecule has 0 aliphatic carbocycles. The molecule has 4 rings (SSSR count). The van der Waals surface area contributed by atoms with Crippen molar-refractivity contribution in [1.82, 2.24) is 4.90 Å². The van der Waals surface area contributed by atoms with Crippen LogP contribution in [0.15, 0.2) is 72.8 Å². The minimum absolute atomic E-state index is 0.237. The molecule has 7 nitrogen and oxygen atoms in total. The summed E-state index contributed by atoms with van der Waals surface area (Å²) < 4.78 is 16.5. The second kappa shape index (κ2) is 10.1. The van der Waals surface area contributed by atoms with Gasteiger partial charge in [-0.2, -0.15) is 0 Å². The Kier molecular flexibility index (Phi) is 6.78. The van der Waals surface area contributed by atoms with Gasteiger partial charge in [0, 0.05) is 18.2 Å². The molecule has 0 bridgehead atoms. The normalized spacial score (nSPS) is 15.1. The topological polar surface area (TPSA) is 77.1 Å². The number of para-hydroxylation sites is 3. The van der Waals surface area contributed by atoms with Gasteiger partial charge in [0.05, 0.1) is 19.9 Å². The molecule has 0 aromatic heterocycles. The van der Waals surface area contributed by atoms with Crippen molar-refractivity contribution in [2.24, 2.45) is 0 Å². The van der Waals surface area contributed by atoms with E-state index in [9.17, 15) is 9.59 Å². The lowest BCUT2D eigenvalue weighted by Gasteiger charge is -2.25. The van der Waals surface area contributed by atoms with E-state index in [1.807, 2.05) is 42.5 Å². The predicted octanol–water partition coefficient (Wildman–Crippen LogP) is 4.74. The Bertz CT molecular complexity index is 1110. The SMILES string of the molecule is COc1cc(OC)cc(C(=O)N2CCCC2C(=O)Nc2ccccc2Oc2ccccc2)c1. The number of amides is 2. The van der Waals surface area contributed by atoms with Crippen LogP contribution >= 0.6 is 0 Å². The van der Waals surface area contributed by atoms with Crippen molar-refractivity contribution in [2.45, 2.75) is 18.9 Å². The van der Waals surface area contributed by atoms with Crippen LogP contribution in [0.5, 0.6) is 23.0 Å². The van der Waals surface area contributed by atoms with Gasteiger partial charge in [-0.1, -0.05) is 30.3 Å². The van der Waals surface area contributed by atoms with Gasteiger partial charge in [0.15, 0.2) is 5.75 Å². The maximum Gasteiger partial charge on any atom is 0.254 e. The minimum Gasteiger partial charge on any atom is -0.497 e. The van der Waals surface area contributed by atoms with E-state index in [2.05, 4.69) is 5.32 Å². The third-order valence-electron chi connectivity index (χ3n) is 5.53. The zero-order valence-electron chi connectivity index (χ0n) is 18.6. The summed E-state index contributed by atoms with van der Waals surface area (Å²) in [6, 6.07) is 21.0. The van der Waals surface area contributed by atoms with Crippen molar-refractivity contribution in [3.8, 4) is 23.0 Å². The number of methoxy groups -OCH3 is 2. The van der Waals surface area contributed by atoms with Crippen molar-refractivity contribution in [3.05, 3.63) is 78.4 Å². The first kappa shape index (κ1) is 22.2. The lowest BCUT2D eigenvalue weighted by atomic mass is 10.1. The highest BCUT2D eigenvalue weighted by atomic mass is 16.5.